The quantitative estimate of drug-likeness (QED) is 0.867. The van der Waals surface area contributed by atoms with Crippen molar-refractivity contribution in [2.24, 2.45) is 0 Å². The Bertz CT molecular complexity index is 667. The highest BCUT2D eigenvalue weighted by molar-refractivity contribution is 5.34. The Balaban J connectivity index is 1.64. The molecule has 2 heterocycles. The molecule has 1 unspecified atom stereocenters. The maximum atomic E-state index is 4.79. The molecule has 0 aromatic carbocycles. The van der Waals surface area contributed by atoms with Crippen molar-refractivity contribution in [3.05, 3.63) is 47.5 Å². The zero-order valence-corrected chi connectivity index (χ0v) is 15.6. The molecule has 0 bridgehead atoms. The van der Waals surface area contributed by atoms with Gasteiger partial charge in [0.05, 0.1) is 0 Å². The zero-order valence-electron chi connectivity index (χ0n) is 15.6. The van der Waals surface area contributed by atoms with E-state index in [2.05, 4.69) is 41.1 Å². The highest BCUT2D eigenvalue weighted by Crippen LogP contribution is 2.25. The molecule has 1 atom stereocenters. The van der Waals surface area contributed by atoms with Crippen molar-refractivity contribution >= 4 is 5.95 Å². The summed E-state index contributed by atoms with van der Waals surface area (Å²) >= 11 is 0. The Labute approximate surface area is 150 Å². The summed E-state index contributed by atoms with van der Waals surface area (Å²) in [5, 5.41) is 3.55. The predicted octanol–water partition coefficient (Wildman–Crippen LogP) is 3.80. The summed E-state index contributed by atoms with van der Waals surface area (Å²) in [5.74, 6) is 0.856. The number of aromatic nitrogens is 3. The largest absolute Gasteiger partial charge is 0.341 e. The Hall–Kier alpha value is -2.01. The molecule has 1 N–H and O–H groups in total. The second kappa shape index (κ2) is 8.39. The lowest BCUT2D eigenvalue weighted by Gasteiger charge is -2.31. The van der Waals surface area contributed by atoms with Gasteiger partial charge in [-0.2, -0.15) is 0 Å². The first-order valence-electron chi connectivity index (χ1n) is 9.34. The predicted molar refractivity (Wildman–Crippen MR) is 102 cm³/mol. The summed E-state index contributed by atoms with van der Waals surface area (Å²) in [7, 11) is 2.13. The van der Waals surface area contributed by atoms with Crippen LogP contribution >= 0.6 is 0 Å². The summed E-state index contributed by atoms with van der Waals surface area (Å²) < 4.78 is 0. The molecule has 2 aromatic heterocycles. The third-order valence-electron chi connectivity index (χ3n) is 5.27. The monoisotopic (exact) mass is 339 g/mol. The van der Waals surface area contributed by atoms with E-state index in [0.29, 0.717) is 6.04 Å². The van der Waals surface area contributed by atoms with Gasteiger partial charge in [-0.15, -0.1) is 0 Å². The summed E-state index contributed by atoms with van der Waals surface area (Å²) in [6, 6.07) is 4.86. The van der Waals surface area contributed by atoms with Crippen LogP contribution in [0.5, 0.6) is 0 Å². The minimum Gasteiger partial charge on any atom is -0.341 e. The number of anilines is 1. The lowest BCUT2D eigenvalue weighted by molar-refractivity contribution is 0.423. The maximum absolute atomic E-state index is 4.79. The SMILES string of the molecule is Cc1nc(N(C)C2CCCCC2)ncc1C(C)NCc1ccncc1. The molecule has 1 aliphatic carbocycles. The lowest BCUT2D eigenvalue weighted by Crippen LogP contribution is -2.34. The fraction of sp³-hybridized carbons (Fsp3) is 0.550. The van der Waals surface area contributed by atoms with Gasteiger partial charge in [-0.1, -0.05) is 19.3 Å². The van der Waals surface area contributed by atoms with Crippen molar-refractivity contribution in [3.63, 3.8) is 0 Å². The number of nitrogens with zero attached hydrogens (tertiary/aromatic N) is 4. The second-order valence-electron chi connectivity index (χ2n) is 7.07. The molecule has 0 amide bonds. The molecule has 2 aromatic rings. The first kappa shape index (κ1) is 17.8. The zero-order chi connectivity index (χ0) is 17.6. The van der Waals surface area contributed by atoms with E-state index in [1.807, 2.05) is 30.7 Å². The maximum Gasteiger partial charge on any atom is 0.225 e. The highest BCUT2D eigenvalue weighted by atomic mass is 15.3. The van der Waals surface area contributed by atoms with Gasteiger partial charge in [-0.3, -0.25) is 4.98 Å². The Morgan fingerprint density at radius 3 is 2.60 bits per heavy atom. The van der Waals surface area contributed by atoms with Gasteiger partial charge >= 0.3 is 0 Å². The van der Waals surface area contributed by atoms with Crippen LogP contribution in [0, 0.1) is 6.92 Å². The first-order chi connectivity index (χ1) is 12.1. The van der Waals surface area contributed by atoms with E-state index in [0.717, 1.165) is 23.8 Å². The standard InChI is InChI=1S/C20H29N5/c1-15(22-13-17-9-11-21-12-10-17)19-14-23-20(24-16(19)2)25(3)18-7-5-4-6-8-18/h9-12,14-15,18,22H,4-8,13H2,1-3H3. The van der Waals surface area contributed by atoms with Crippen LogP contribution < -0.4 is 10.2 Å². The fourth-order valence-corrected chi connectivity index (χ4v) is 3.57. The number of hydrogen-bond donors (Lipinski definition) is 1. The average molecular weight is 339 g/mol. The summed E-state index contributed by atoms with van der Waals surface area (Å²) in [5.41, 5.74) is 3.45. The molecular formula is C20H29N5. The molecule has 1 saturated carbocycles. The number of pyridine rings is 1. The van der Waals surface area contributed by atoms with E-state index in [1.165, 1.54) is 37.7 Å². The first-order valence-corrected chi connectivity index (χ1v) is 9.34. The smallest absolute Gasteiger partial charge is 0.225 e. The highest BCUT2D eigenvalue weighted by Gasteiger charge is 2.21. The molecule has 1 aliphatic rings. The van der Waals surface area contributed by atoms with Crippen LogP contribution in [0.15, 0.2) is 30.7 Å². The molecule has 1 fully saturated rings. The van der Waals surface area contributed by atoms with Crippen molar-refractivity contribution in [1.29, 1.82) is 0 Å². The fourth-order valence-electron chi connectivity index (χ4n) is 3.57. The number of nitrogens with one attached hydrogen (secondary N) is 1. The van der Waals surface area contributed by atoms with Crippen molar-refractivity contribution in [2.75, 3.05) is 11.9 Å². The van der Waals surface area contributed by atoms with Gasteiger partial charge in [0.25, 0.3) is 0 Å². The van der Waals surface area contributed by atoms with Gasteiger partial charge in [0, 0.05) is 55.5 Å². The van der Waals surface area contributed by atoms with E-state index < -0.39 is 0 Å². The number of rotatable bonds is 6. The van der Waals surface area contributed by atoms with Crippen LogP contribution in [0.1, 0.15) is 61.9 Å². The third kappa shape index (κ3) is 4.54. The van der Waals surface area contributed by atoms with Gasteiger partial charge < -0.3 is 10.2 Å². The number of aryl methyl sites for hydroxylation is 1. The van der Waals surface area contributed by atoms with E-state index in [1.54, 1.807) is 0 Å². The van der Waals surface area contributed by atoms with Crippen molar-refractivity contribution in [1.82, 2.24) is 20.3 Å². The molecule has 134 valence electrons. The van der Waals surface area contributed by atoms with E-state index in [-0.39, 0.29) is 6.04 Å². The van der Waals surface area contributed by atoms with E-state index in [9.17, 15) is 0 Å². The van der Waals surface area contributed by atoms with Crippen LogP contribution in [0.3, 0.4) is 0 Å². The Kier molecular flexibility index (Phi) is 5.97. The minimum absolute atomic E-state index is 0.210. The average Bonchev–Trinajstić information content (AvgIpc) is 2.67. The molecule has 5 nitrogen and oxygen atoms in total. The number of hydrogen-bond acceptors (Lipinski definition) is 5. The van der Waals surface area contributed by atoms with Gasteiger partial charge in [-0.25, -0.2) is 9.97 Å². The molecular weight excluding hydrogens is 310 g/mol. The molecule has 5 heteroatoms. The summed E-state index contributed by atoms with van der Waals surface area (Å²) in [6.45, 7) is 5.06. The minimum atomic E-state index is 0.210. The van der Waals surface area contributed by atoms with Gasteiger partial charge in [0.2, 0.25) is 5.95 Å². The molecule has 0 radical (unpaired) electrons. The van der Waals surface area contributed by atoms with Gasteiger partial charge in [-0.05, 0) is 44.4 Å². The van der Waals surface area contributed by atoms with Gasteiger partial charge in [0.15, 0.2) is 0 Å². The van der Waals surface area contributed by atoms with E-state index in [4.69, 9.17) is 4.98 Å². The van der Waals surface area contributed by atoms with Crippen LogP contribution in [0.25, 0.3) is 0 Å². The summed E-state index contributed by atoms with van der Waals surface area (Å²) in [6.07, 6.45) is 12.2. The van der Waals surface area contributed by atoms with Crippen LogP contribution in [-0.2, 0) is 6.54 Å². The molecule has 0 spiro atoms. The van der Waals surface area contributed by atoms with Crippen LogP contribution in [0.4, 0.5) is 5.95 Å². The van der Waals surface area contributed by atoms with E-state index >= 15 is 0 Å². The topological polar surface area (TPSA) is 53.9 Å². The normalized spacial score (nSPS) is 16.6. The van der Waals surface area contributed by atoms with Crippen molar-refractivity contribution in [2.45, 2.75) is 64.6 Å². The molecule has 3 rings (SSSR count). The van der Waals surface area contributed by atoms with Crippen LogP contribution in [0.2, 0.25) is 0 Å². The second-order valence-corrected chi connectivity index (χ2v) is 7.07. The van der Waals surface area contributed by atoms with Crippen molar-refractivity contribution in [3.8, 4) is 0 Å². The lowest BCUT2D eigenvalue weighted by atomic mass is 9.95. The molecule has 0 saturated heterocycles. The molecule has 25 heavy (non-hydrogen) atoms. The van der Waals surface area contributed by atoms with Crippen LogP contribution in [-0.4, -0.2) is 28.0 Å². The Morgan fingerprint density at radius 2 is 1.92 bits per heavy atom. The third-order valence-corrected chi connectivity index (χ3v) is 5.27. The Morgan fingerprint density at radius 1 is 1.20 bits per heavy atom. The summed E-state index contributed by atoms with van der Waals surface area (Å²) in [4.78, 5) is 15.8. The van der Waals surface area contributed by atoms with Gasteiger partial charge in [0.1, 0.15) is 0 Å². The molecule has 0 aliphatic heterocycles. The van der Waals surface area contributed by atoms with Crippen molar-refractivity contribution < 1.29 is 0 Å².